The predicted octanol–water partition coefficient (Wildman–Crippen LogP) is 3.96. The Morgan fingerprint density at radius 2 is 1.78 bits per heavy atom. The van der Waals surface area contributed by atoms with E-state index >= 15 is 0 Å². The van der Waals surface area contributed by atoms with E-state index in [0.29, 0.717) is 14.7 Å². The zero-order valence-electron chi connectivity index (χ0n) is 9.62. The van der Waals surface area contributed by atoms with Crippen LogP contribution in [0, 0.1) is 22.1 Å². The zero-order chi connectivity index (χ0) is 13.3. The van der Waals surface area contributed by atoms with Crippen molar-refractivity contribution in [1.82, 2.24) is 0 Å². The Balaban J connectivity index is 2.44. The number of benzene rings is 2. The summed E-state index contributed by atoms with van der Waals surface area (Å²) in [6, 6.07) is 8.54. The van der Waals surface area contributed by atoms with E-state index in [1.54, 1.807) is 13.0 Å². The van der Waals surface area contributed by atoms with Crippen LogP contribution in [0.4, 0.5) is 8.78 Å². The second kappa shape index (κ2) is 5.32. The molecule has 0 aliphatic rings. The van der Waals surface area contributed by atoms with Gasteiger partial charge in [-0.2, -0.15) is 0 Å². The van der Waals surface area contributed by atoms with Crippen LogP contribution in [0.1, 0.15) is 22.8 Å². The maximum Gasteiger partial charge on any atom is 0.124 e. The molecule has 0 amide bonds. The molecule has 0 aromatic heterocycles. The second-order valence-corrected chi connectivity index (χ2v) is 5.29. The number of rotatable bonds is 2. The summed E-state index contributed by atoms with van der Waals surface area (Å²) < 4.78 is 26.9. The smallest absolute Gasteiger partial charge is 0.124 e. The van der Waals surface area contributed by atoms with Crippen LogP contribution in [0.2, 0.25) is 0 Å². The van der Waals surface area contributed by atoms with Crippen LogP contribution in [0.15, 0.2) is 36.4 Å². The largest absolute Gasteiger partial charge is 0.384 e. The maximum atomic E-state index is 13.3. The molecule has 2 aromatic carbocycles. The minimum atomic E-state index is -0.952. The average molecular weight is 360 g/mol. The Hall–Kier alpha value is -1.01. The van der Waals surface area contributed by atoms with Crippen molar-refractivity contribution in [2.24, 2.45) is 0 Å². The summed E-state index contributed by atoms with van der Waals surface area (Å²) in [5.41, 5.74) is 1.78. The highest BCUT2D eigenvalue weighted by molar-refractivity contribution is 14.1. The average Bonchev–Trinajstić information content (AvgIpc) is 2.26. The molecule has 0 spiro atoms. The summed E-state index contributed by atoms with van der Waals surface area (Å²) in [5, 5.41) is 10.2. The second-order valence-electron chi connectivity index (χ2n) is 4.13. The molecule has 94 valence electrons. The third kappa shape index (κ3) is 2.87. The van der Waals surface area contributed by atoms with Crippen molar-refractivity contribution in [1.29, 1.82) is 0 Å². The quantitative estimate of drug-likeness (QED) is 0.804. The monoisotopic (exact) mass is 360 g/mol. The number of aryl methyl sites for hydroxylation is 1. The normalized spacial score (nSPS) is 12.5. The van der Waals surface area contributed by atoms with Crippen LogP contribution in [-0.4, -0.2) is 5.11 Å². The van der Waals surface area contributed by atoms with Crippen LogP contribution in [-0.2, 0) is 0 Å². The van der Waals surface area contributed by atoms with Crippen LogP contribution in [0.25, 0.3) is 0 Å². The molecule has 2 aromatic rings. The lowest BCUT2D eigenvalue weighted by Gasteiger charge is -2.14. The fourth-order valence-electron chi connectivity index (χ4n) is 1.83. The molecule has 0 saturated heterocycles. The summed E-state index contributed by atoms with van der Waals surface area (Å²) in [6.45, 7) is 1.76. The minimum Gasteiger partial charge on any atom is -0.384 e. The Morgan fingerprint density at radius 3 is 2.39 bits per heavy atom. The van der Waals surface area contributed by atoms with Crippen molar-refractivity contribution in [3.8, 4) is 0 Å². The van der Waals surface area contributed by atoms with E-state index in [1.165, 1.54) is 30.3 Å². The lowest BCUT2D eigenvalue weighted by molar-refractivity contribution is 0.218. The molecule has 1 atom stereocenters. The summed E-state index contributed by atoms with van der Waals surface area (Å²) in [6.07, 6.45) is -0.952. The molecule has 18 heavy (non-hydrogen) atoms. The number of halogens is 3. The van der Waals surface area contributed by atoms with Crippen molar-refractivity contribution in [3.05, 3.63) is 68.3 Å². The van der Waals surface area contributed by atoms with Crippen LogP contribution in [0.5, 0.6) is 0 Å². The summed E-state index contributed by atoms with van der Waals surface area (Å²) >= 11 is 1.95. The van der Waals surface area contributed by atoms with Gasteiger partial charge in [0.2, 0.25) is 0 Å². The molecular formula is C14H11F2IO. The molecular weight excluding hydrogens is 349 g/mol. The van der Waals surface area contributed by atoms with Crippen molar-refractivity contribution >= 4 is 22.6 Å². The summed E-state index contributed by atoms with van der Waals surface area (Å²) in [5.74, 6) is -0.744. The van der Waals surface area contributed by atoms with Crippen LogP contribution < -0.4 is 0 Å². The van der Waals surface area contributed by atoms with Gasteiger partial charge in [-0.15, -0.1) is 0 Å². The molecule has 0 aliphatic heterocycles. The first-order valence-corrected chi connectivity index (χ1v) is 6.45. The van der Waals surface area contributed by atoms with Gasteiger partial charge >= 0.3 is 0 Å². The van der Waals surface area contributed by atoms with Gasteiger partial charge in [-0.25, -0.2) is 8.78 Å². The lowest BCUT2D eigenvalue weighted by Crippen LogP contribution is -2.03. The van der Waals surface area contributed by atoms with Gasteiger partial charge in [0.15, 0.2) is 0 Å². The molecule has 4 heteroatoms. The van der Waals surface area contributed by atoms with E-state index in [1.807, 2.05) is 22.6 Å². The van der Waals surface area contributed by atoms with Gasteiger partial charge in [-0.1, -0.05) is 12.1 Å². The highest BCUT2D eigenvalue weighted by atomic mass is 127. The Morgan fingerprint density at radius 1 is 1.06 bits per heavy atom. The van der Waals surface area contributed by atoms with Gasteiger partial charge < -0.3 is 5.11 Å². The van der Waals surface area contributed by atoms with Gasteiger partial charge in [0.05, 0.1) is 0 Å². The first-order valence-electron chi connectivity index (χ1n) is 5.37. The highest BCUT2D eigenvalue weighted by Gasteiger charge is 2.15. The summed E-state index contributed by atoms with van der Waals surface area (Å²) in [7, 11) is 0. The van der Waals surface area contributed by atoms with Crippen LogP contribution >= 0.6 is 22.6 Å². The number of aliphatic hydroxyl groups is 1. The maximum absolute atomic E-state index is 13.3. The molecule has 1 nitrogen and oxygen atoms in total. The Kier molecular flexibility index (Phi) is 3.97. The number of hydrogen-bond acceptors (Lipinski definition) is 1. The standard InChI is InChI=1S/C14H11F2IO/c1-8-4-9(6-11(16)5-8)14(18)12-3-2-10(15)7-13(12)17/h2-7,14,18H,1H3. The lowest BCUT2D eigenvalue weighted by atomic mass is 10.00. The van der Waals surface area contributed by atoms with Gasteiger partial charge in [0.25, 0.3) is 0 Å². The number of hydrogen-bond donors (Lipinski definition) is 1. The fourth-order valence-corrected chi connectivity index (χ4v) is 2.60. The molecule has 2 rings (SSSR count). The first-order chi connectivity index (χ1) is 8.47. The van der Waals surface area contributed by atoms with Crippen molar-refractivity contribution in [3.63, 3.8) is 0 Å². The SMILES string of the molecule is Cc1cc(F)cc(C(O)c2ccc(F)cc2I)c1. The third-order valence-corrected chi connectivity index (χ3v) is 3.57. The van der Waals surface area contributed by atoms with Crippen LogP contribution in [0.3, 0.4) is 0 Å². The molecule has 0 fully saturated rings. The molecule has 0 heterocycles. The van der Waals surface area contributed by atoms with Crippen molar-refractivity contribution in [2.45, 2.75) is 13.0 Å². The summed E-state index contributed by atoms with van der Waals surface area (Å²) in [4.78, 5) is 0. The van der Waals surface area contributed by atoms with E-state index in [-0.39, 0.29) is 11.6 Å². The van der Waals surface area contributed by atoms with Crippen molar-refractivity contribution in [2.75, 3.05) is 0 Å². The molecule has 1 N–H and O–H groups in total. The van der Waals surface area contributed by atoms with Gasteiger partial charge in [-0.3, -0.25) is 0 Å². The number of aliphatic hydroxyl groups excluding tert-OH is 1. The molecule has 0 saturated carbocycles. The molecule has 0 aliphatic carbocycles. The minimum absolute atomic E-state index is 0.356. The van der Waals surface area contributed by atoms with E-state index in [0.717, 1.165) is 5.56 Å². The fraction of sp³-hybridized carbons (Fsp3) is 0.143. The first kappa shape index (κ1) is 13.4. The van der Waals surface area contributed by atoms with Gasteiger partial charge in [0, 0.05) is 3.57 Å². The predicted molar refractivity (Wildman–Crippen MR) is 74.3 cm³/mol. The van der Waals surface area contributed by atoms with Gasteiger partial charge in [0.1, 0.15) is 17.7 Å². The van der Waals surface area contributed by atoms with Crippen molar-refractivity contribution < 1.29 is 13.9 Å². The molecule has 0 bridgehead atoms. The topological polar surface area (TPSA) is 20.2 Å². The Bertz CT molecular complexity index is 564. The van der Waals surface area contributed by atoms with E-state index in [4.69, 9.17) is 0 Å². The third-order valence-electron chi connectivity index (χ3n) is 2.64. The Labute approximate surface area is 118 Å². The van der Waals surface area contributed by atoms with E-state index < -0.39 is 6.10 Å². The molecule has 0 radical (unpaired) electrons. The zero-order valence-corrected chi connectivity index (χ0v) is 11.8. The highest BCUT2D eigenvalue weighted by Crippen LogP contribution is 2.27. The van der Waals surface area contributed by atoms with E-state index in [9.17, 15) is 13.9 Å². The van der Waals surface area contributed by atoms with Gasteiger partial charge in [-0.05, 0) is 70.5 Å². The van der Waals surface area contributed by atoms with E-state index in [2.05, 4.69) is 0 Å². The molecule has 1 unspecified atom stereocenters.